The van der Waals surface area contributed by atoms with Crippen LogP contribution in [0.5, 0.6) is 0 Å². The molecule has 0 atom stereocenters. The van der Waals surface area contributed by atoms with Crippen LogP contribution in [0.3, 0.4) is 0 Å². The SMILES string of the molecule is CC(C)(CO)NC(=O)c1nn(Cc2ccccc2)c2c1CNCC2. The van der Waals surface area contributed by atoms with Gasteiger partial charge in [0.25, 0.3) is 5.91 Å². The van der Waals surface area contributed by atoms with Crippen molar-refractivity contribution in [3.63, 3.8) is 0 Å². The summed E-state index contributed by atoms with van der Waals surface area (Å²) in [7, 11) is 0. The fourth-order valence-corrected chi connectivity index (χ4v) is 2.90. The lowest BCUT2D eigenvalue weighted by molar-refractivity contribution is 0.0862. The van der Waals surface area contributed by atoms with Gasteiger partial charge in [-0.3, -0.25) is 9.48 Å². The summed E-state index contributed by atoms with van der Waals surface area (Å²) in [5, 5.41) is 20.1. The average Bonchev–Trinajstić information content (AvgIpc) is 2.94. The maximum atomic E-state index is 12.6. The number of rotatable bonds is 5. The standard InChI is InChI=1S/C18H24N4O2/c1-18(2,12-23)20-17(24)16-14-10-19-9-8-15(14)22(21-16)11-13-6-4-3-5-7-13/h3-7,19,23H,8-12H2,1-2H3,(H,20,24). The molecule has 6 nitrogen and oxygen atoms in total. The molecular formula is C18H24N4O2. The van der Waals surface area contributed by atoms with Gasteiger partial charge in [0.15, 0.2) is 5.69 Å². The van der Waals surface area contributed by atoms with E-state index < -0.39 is 5.54 Å². The summed E-state index contributed by atoms with van der Waals surface area (Å²) >= 11 is 0. The Morgan fingerprint density at radius 3 is 2.83 bits per heavy atom. The highest BCUT2D eigenvalue weighted by atomic mass is 16.3. The molecule has 0 saturated carbocycles. The predicted octanol–water partition coefficient (Wildman–Crippen LogP) is 1.08. The van der Waals surface area contributed by atoms with Gasteiger partial charge in [-0.05, 0) is 19.4 Å². The summed E-state index contributed by atoms with van der Waals surface area (Å²) < 4.78 is 1.94. The van der Waals surface area contributed by atoms with E-state index in [1.807, 2.05) is 22.9 Å². The first-order valence-corrected chi connectivity index (χ1v) is 8.27. The Bertz CT molecular complexity index is 722. The molecule has 0 saturated heterocycles. The zero-order valence-electron chi connectivity index (χ0n) is 14.2. The van der Waals surface area contributed by atoms with Crippen molar-refractivity contribution in [1.82, 2.24) is 20.4 Å². The van der Waals surface area contributed by atoms with Crippen LogP contribution in [-0.4, -0.2) is 39.5 Å². The zero-order valence-corrected chi connectivity index (χ0v) is 14.2. The number of hydrogen-bond donors (Lipinski definition) is 3. The Balaban J connectivity index is 1.91. The van der Waals surface area contributed by atoms with Crippen LogP contribution in [0.25, 0.3) is 0 Å². The minimum atomic E-state index is -0.671. The average molecular weight is 328 g/mol. The van der Waals surface area contributed by atoms with Gasteiger partial charge in [0, 0.05) is 30.8 Å². The summed E-state index contributed by atoms with van der Waals surface area (Å²) in [6.45, 7) is 5.64. The largest absolute Gasteiger partial charge is 0.394 e. The van der Waals surface area contributed by atoms with Crippen LogP contribution in [0, 0.1) is 0 Å². The van der Waals surface area contributed by atoms with Crippen molar-refractivity contribution in [3.8, 4) is 0 Å². The molecule has 1 amide bonds. The van der Waals surface area contributed by atoms with E-state index in [-0.39, 0.29) is 12.5 Å². The number of nitrogens with zero attached hydrogens (tertiary/aromatic N) is 2. The van der Waals surface area contributed by atoms with Crippen molar-refractivity contribution in [2.45, 2.75) is 38.9 Å². The molecule has 24 heavy (non-hydrogen) atoms. The van der Waals surface area contributed by atoms with Crippen LogP contribution in [0.1, 0.15) is 41.2 Å². The molecule has 2 aromatic rings. The molecular weight excluding hydrogens is 304 g/mol. The summed E-state index contributed by atoms with van der Waals surface area (Å²) in [6, 6.07) is 10.1. The fraction of sp³-hybridized carbons (Fsp3) is 0.444. The van der Waals surface area contributed by atoms with Gasteiger partial charge in [0.1, 0.15) is 0 Å². The van der Waals surface area contributed by atoms with E-state index in [1.165, 1.54) is 0 Å². The quantitative estimate of drug-likeness (QED) is 0.767. The summed E-state index contributed by atoms with van der Waals surface area (Å²) in [5.41, 5.74) is 3.02. The molecule has 0 unspecified atom stereocenters. The third-order valence-electron chi connectivity index (χ3n) is 4.24. The second-order valence-electron chi connectivity index (χ2n) is 6.84. The number of aromatic nitrogens is 2. The summed E-state index contributed by atoms with van der Waals surface area (Å²) in [5.74, 6) is -0.235. The molecule has 0 spiro atoms. The minimum Gasteiger partial charge on any atom is -0.394 e. The Labute approximate surface area is 141 Å². The Morgan fingerprint density at radius 1 is 1.38 bits per heavy atom. The molecule has 0 radical (unpaired) electrons. The minimum absolute atomic E-state index is 0.121. The van der Waals surface area contributed by atoms with E-state index in [1.54, 1.807) is 13.8 Å². The van der Waals surface area contributed by atoms with Crippen LogP contribution < -0.4 is 10.6 Å². The highest BCUT2D eigenvalue weighted by Crippen LogP contribution is 2.20. The first-order valence-electron chi connectivity index (χ1n) is 8.27. The highest BCUT2D eigenvalue weighted by Gasteiger charge is 2.28. The van der Waals surface area contributed by atoms with Crippen LogP contribution >= 0.6 is 0 Å². The number of amides is 1. The van der Waals surface area contributed by atoms with E-state index in [0.717, 1.165) is 29.8 Å². The van der Waals surface area contributed by atoms with E-state index in [4.69, 9.17) is 0 Å². The Morgan fingerprint density at radius 2 is 2.12 bits per heavy atom. The molecule has 0 fully saturated rings. The van der Waals surface area contributed by atoms with Crippen LogP contribution in [-0.2, 0) is 19.5 Å². The molecule has 1 aliphatic rings. The van der Waals surface area contributed by atoms with Gasteiger partial charge in [0.05, 0.1) is 18.7 Å². The smallest absolute Gasteiger partial charge is 0.272 e. The number of aliphatic hydroxyl groups excluding tert-OH is 1. The van der Waals surface area contributed by atoms with Gasteiger partial charge in [0.2, 0.25) is 0 Å². The number of nitrogens with one attached hydrogen (secondary N) is 2. The predicted molar refractivity (Wildman–Crippen MR) is 91.8 cm³/mol. The summed E-state index contributed by atoms with van der Waals surface area (Å²) in [4.78, 5) is 12.6. The lowest BCUT2D eigenvalue weighted by Gasteiger charge is -2.23. The van der Waals surface area contributed by atoms with Crippen molar-refractivity contribution in [3.05, 3.63) is 52.8 Å². The van der Waals surface area contributed by atoms with Crippen LogP contribution in [0.15, 0.2) is 30.3 Å². The second-order valence-corrected chi connectivity index (χ2v) is 6.84. The maximum absolute atomic E-state index is 12.6. The van der Waals surface area contributed by atoms with Gasteiger partial charge >= 0.3 is 0 Å². The molecule has 1 aromatic carbocycles. The molecule has 0 aliphatic carbocycles. The lowest BCUT2D eigenvalue weighted by atomic mass is 10.0. The number of carbonyl (C=O) groups is 1. The maximum Gasteiger partial charge on any atom is 0.272 e. The molecule has 6 heteroatoms. The third kappa shape index (κ3) is 3.49. The first kappa shape index (κ1) is 16.7. The first-order chi connectivity index (χ1) is 11.5. The van der Waals surface area contributed by atoms with E-state index in [9.17, 15) is 9.90 Å². The molecule has 2 heterocycles. The van der Waals surface area contributed by atoms with Gasteiger partial charge in [-0.1, -0.05) is 30.3 Å². The number of aliphatic hydroxyl groups is 1. The van der Waals surface area contributed by atoms with Crippen molar-refractivity contribution in [1.29, 1.82) is 0 Å². The zero-order chi connectivity index (χ0) is 17.2. The van der Waals surface area contributed by atoms with Crippen molar-refractivity contribution < 1.29 is 9.90 Å². The molecule has 0 bridgehead atoms. The fourth-order valence-electron chi connectivity index (χ4n) is 2.90. The Kier molecular flexibility index (Phi) is 4.69. The lowest BCUT2D eigenvalue weighted by Crippen LogP contribution is -2.46. The number of benzene rings is 1. The third-order valence-corrected chi connectivity index (χ3v) is 4.24. The number of carbonyl (C=O) groups excluding carboxylic acids is 1. The van der Waals surface area contributed by atoms with Crippen LogP contribution in [0.4, 0.5) is 0 Å². The topological polar surface area (TPSA) is 79.2 Å². The molecule has 3 N–H and O–H groups in total. The second kappa shape index (κ2) is 6.75. The van der Waals surface area contributed by atoms with Gasteiger partial charge < -0.3 is 15.7 Å². The normalized spacial score (nSPS) is 14.3. The van der Waals surface area contributed by atoms with Crippen molar-refractivity contribution in [2.24, 2.45) is 0 Å². The molecule has 1 aliphatic heterocycles. The number of hydrogen-bond acceptors (Lipinski definition) is 4. The Hall–Kier alpha value is -2.18. The van der Waals surface area contributed by atoms with Crippen molar-refractivity contribution in [2.75, 3.05) is 13.2 Å². The van der Waals surface area contributed by atoms with Gasteiger partial charge in [-0.25, -0.2) is 0 Å². The van der Waals surface area contributed by atoms with E-state index >= 15 is 0 Å². The molecule has 3 rings (SSSR count). The molecule has 128 valence electrons. The highest BCUT2D eigenvalue weighted by molar-refractivity contribution is 5.94. The van der Waals surface area contributed by atoms with Crippen molar-refractivity contribution >= 4 is 5.91 Å². The monoisotopic (exact) mass is 328 g/mol. The van der Waals surface area contributed by atoms with E-state index in [2.05, 4.69) is 27.9 Å². The summed E-state index contributed by atoms with van der Waals surface area (Å²) in [6.07, 6.45) is 0.853. The van der Waals surface area contributed by atoms with Gasteiger partial charge in [-0.2, -0.15) is 5.10 Å². The van der Waals surface area contributed by atoms with Gasteiger partial charge in [-0.15, -0.1) is 0 Å². The van der Waals surface area contributed by atoms with Crippen LogP contribution in [0.2, 0.25) is 0 Å². The molecule has 1 aromatic heterocycles. The number of fused-ring (bicyclic) bond motifs is 1. The van der Waals surface area contributed by atoms with E-state index in [0.29, 0.717) is 18.8 Å².